The van der Waals surface area contributed by atoms with Crippen LogP contribution in [0.4, 0.5) is 27.8 Å². The molecule has 32 heavy (non-hydrogen) atoms. The molecule has 0 atom stereocenters. The van der Waals surface area contributed by atoms with E-state index in [1.165, 1.54) is 30.3 Å². The quantitative estimate of drug-likeness (QED) is 0.544. The molecular weight excluding hydrogens is 431 g/mol. The van der Waals surface area contributed by atoms with E-state index in [0.29, 0.717) is 31.2 Å². The Labute approximate surface area is 180 Å². The molecule has 1 fully saturated rings. The summed E-state index contributed by atoms with van der Waals surface area (Å²) < 4.78 is 66.3. The fourth-order valence-corrected chi connectivity index (χ4v) is 3.78. The van der Waals surface area contributed by atoms with Crippen LogP contribution in [-0.4, -0.2) is 28.0 Å². The first kappa shape index (κ1) is 21.9. The number of rotatable bonds is 4. The zero-order valence-electron chi connectivity index (χ0n) is 16.7. The Hall–Kier alpha value is -3.30. The molecule has 5 nitrogen and oxygen atoms in total. The summed E-state index contributed by atoms with van der Waals surface area (Å²) in [4.78, 5) is 19.4. The number of carbonyl (C=O) groups excluding carboxylic acids is 1. The number of nitrogens with zero attached hydrogens (tertiary/aromatic N) is 2. The van der Waals surface area contributed by atoms with Gasteiger partial charge in [0.15, 0.2) is 0 Å². The maximum absolute atomic E-state index is 13.7. The van der Waals surface area contributed by atoms with Crippen LogP contribution in [0, 0.1) is 11.6 Å². The number of halogens is 5. The number of hydrogen-bond acceptors (Lipinski definition) is 4. The van der Waals surface area contributed by atoms with E-state index in [0.717, 1.165) is 12.1 Å². The molecule has 2 aromatic carbocycles. The van der Waals surface area contributed by atoms with Crippen LogP contribution in [0.1, 0.15) is 41.9 Å². The number of fused-ring (bicyclic) bond motifs is 1. The minimum Gasteiger partial charge on any atom is -0.367 e. The predicted molar refractivity (Wildman–Crippen MR) is 108 cm³/mol. The van der Waals surface area contributed by atoms with Crippen molar-refractivity contribution in [3.8, 4) is 0 Å². The molecule has 0 saturated heterocycles. The number of aromatic nitrogens is 2. The highest BCUT2D eigenvalue weighted by Crippen LogP contribution is 2.32. The molecule has 1 heterocycles. The third-order valence-corrected chi connectivity index (χ3v) is 5.42. The minimum atomic E-state index is -4.73. The number of benzene rings is 2. The van der Waals surface area contributed by atoms with Crippen LogP contribution in [0.15, 0.2) is 42.5 Å². The average Bonchev–Trinajstić information content (AvgIpc) is 2.75. The first-order valence-electron chi connectivity index (χ1n) is 10.1. The van der Waals surface area contributed by atoms with Gasteiger partial charge < -0.3 is 10.6 Å². The fraction of sp³-hybridized carbons (Fsp3) is 0.318. The molecule has 4 rings (SSSR count). The van der Waals surface area contributed by atoms with Crippen molar-refractivity contribution in [2.45, 2.75) is 43.9 Å². The molecule has 0 radical (unpaired) electrons. The minimum absolute atomic E-state index is 0.00327. The fourth-order valence-electron chi connectivity index (χ4n) is 3.78. The van der Waals surface area contributed by atoms with Gasteiger partial charge in [0.25, 0.3) is 5.91 Å². The summed E-state index contributed by atoms with van der Waals surface area (Å²) in [7, 11) is 0. The van der Waals surface area contributed by atoms with E-state index in [9.17, 15) is 26.7 Å². The van der Waals surface area contributed by atoms with Crippen molar-refractivity contribution < 1.29 is 26.7 Å². The molecule has 10 heteroatoms. The van der Waals surface area contributed by atoms with E-state index in [1.807, 2.05) is 0 Å². The van der Waals surface area contributed by atoms with Crippen LogP contribution in [-0.2, 0) is 6.18 Å². The standard InChI is InChI=1S/C22H19F5N4O/c23-13-3-1-12(2-4-13)20(32)29-16-8-6-15(7-9-16)28-19-17-11-14(24)5-10-18(17)30-21(31-19)22(25,26)27/h1-5,10-11,15-16H,6-9H2,(H,29,32)(H,28,30,31)/t15-,16+. The maximum Gasteiger partial charge on any atom is 0.451 e. The second-order valence-electron chi connectivity index (χ2n) is 7.73. The smallest absolute Gasteiger partial charge is 0.367 e. The highest BCUT2D eigenvalue weighted by molar-refractivity contribution is 5.94. The molecule has 0 bridgehead atoms. The summed E-state index contributed by atoms with van der Waals surface area (Å²) in [6.45, 7) is 0. The second kappa shape index (κ2) is 8.68. The Morgan fingerprint density at radius 3 is 2.16 bits per heavy atom. The van der Waals surface area contributed by atoms with E-state index in [4.69, 9.17) is 0 Å². The first-order chi connectivity index (χ1) is 15.2. The Bertz CT molecular complexity index is 1130. The molecule has 1 aliphatic rings. The zero-order chi connectivity index (χ0) is 22.9. The SMILES string of the molecule is O=C(N[C@H]1CC[C@@H](Nc2nc(C(F)(F)F)nc3ccc(F)cc23)CC1)c1ccc(F)cc1. The van der Waals surface area contributed by atoms with Crippen molar-refractivity contribution in [2.24, 2.45) is 0 Å². The molecule has 0 aliphatic heterocycles. The summed E-state index contributed by atoms with van der Waals surface area (Å²) in [6, 6.07) is 8.24. The third-order valence-electron chi connectivity index (χ3n) is 5.42. The van der Waals surface area contributed by atoms with Gasteiger partial charge in [-0.25, -0.2) is 18.7 Å². The van der Waals surface area contributed by atoms with Crippen molar-refractivity contribution in [3.63, 3.8) is 0 Å². The Morgan fingerprint density at radius 2 is 1.50 bits per heavy atom. The van der Waals surface area contributed by atoms with Crippen molar-refractivity contribution >= 4 is 22.6 Å². The van der Waals surface area contributed by atoms with E-state index >= 15 is 0 Å². The van der Waals surface area contributed by atoms with Gasteiger partial charge >= 0.3 is 6.18 Å². The number of anilines is 1. The maximum atomic E-state index is 13.7. The van der Waals surface area contributed by atoms with Crippen molar-refractivity contribution in [2.75, 3.05) is 5.32 Å². The molecule has 0 spiro atoms. The molecule has 0 unspecified atom stereocenters. The van der Waals surface area contributed by atoms with Gasteiger partial charge in [0.1, 0.15) is 17.5 Å². The molecule has 1 aliphatic carbocycles. The van der Waals surface area contributed by atoms with Gasteiger partial charge in [0, 0.05) is 23.0 Å². The Balaban J connectivity index is 1.44. The van der Waals surface area contributed by atoms with Gasteiger partial charge in [0.05, 0.1) is 5.52 Å². The van der Waals surface area contributed by atoms with Gasteiger partial charge in [-0.2, -0.15) is 13.2 Å². The summed E-state index contributed by atoms with van der Waals surface area (Å²) in [6.07, 6.45) is -2.42. The van der Waals surface area contributed by atoms with E-state index in [2.05, 4.69) is 20.6 Å². The number of hydrogen-bond donors (Lipinski definition) is 2. The van der Waals surface area contributed by atoms with E-state index < -0.39 is 23.6 Å². The van der Waals surface area contributed by atoms with Crippen molar-refractivity contribution in [1.29, 1.82) is 0 Å². The lowest BCUT2D eigenvalue weighted by Crippen LogP contribution is -2.40. The van der Waals surface area contributed by atoms with Crippen molar-refractivity contribution in [3.05, 3.63) is 65.5 Å². The first-order valence-corrected chi connectivity index (χ1v) is 10.1. The van der Waals surface area contributed by atoms with E-state index in [-0.39, 0.29) is 34.7 Å². The lowest BCUT2D eigenvalue weighted by Gasteiger charge is -2.30. The average molecular weight is 450 g/mol. The largest absolute Gasteiger partial charge is 0.451 e. The summed E-state index contributed by atoms with van der Waals surface area (Å²) >= 11 is 0. The van der Waals surface area contributed by atoms with Crippen LogP contribution in [0.5, 0.6) is 0 Å². The van der Waals surface area contributed by atoms with Gasteiger partial charge in [-0.1, -0.05) is 0 Å². The topological polar surface area (TPSA) is 66.9 Å². The second-order valence-corrected chi connectivity index (χ2v) is 7.73. The number of amides is 1. The van der Waals surface area contributed by atoms with Gasteiger partial charge in [-0.3, -0.25) is 4.79 Å². The highest BCUT2D eigenvalue weighted by atomic mass is 19.4. The number of carbonyl (C=O) groups is 1. The van der Waals surface area contributed by atoms with Gasteiger partial charge in [-0.05, 0) is 68.1 Å². The highest BCUT2D eigenvalue weighted by Gasteiger charge is 2.36. The van der Waals surface area contributed by atoms with Crippen LogP contribution in [0.25, 0.3) is 10.9 Å². The van der Waals surface area contributed by atoms with Crippen LogP contribution < -0.4 is 10.6 Å². The molecule has 168 valence electrons. The normalized spacial score (nSPS) is 19.0. The van der Waals surface area contributed by atoms with Gasteiger partial charge in [-0.15, -0.1) is 0 Å². The van der Waals surface area contributed by atoms with Crippen LogP contribution >= 0.6 is 0 Å². The van der Waals surface area contributed by atoms with Crippen molar-refractivity contribution in [1.82, 2.24) is 15.3 Å². The number of nitrogens with one attached hydrogen (secondary N) is 2. The molecule has 3 aromatic rings. The predicted octanol–water partition coefficient (Wildman–Crippen LogP) is 5.08. The number of alkyl halides is 3. The molecule has 1 aromatic heterocycles. The molecule has 2 N–H and O–H groups in total. The van der Waals surface area contributed by atoms with Gasteiger partial charge in [0.2, 0.25) is 5.82 Å². The molecule has 1 saturated carbocycles. The summed E-state index contributed by atoms with van der Waals surface area (Å²) in [5.74, 6) is -2.71. The summed E-state index contributed by atoms with van der Waals surface area (Å²) in [5.41, 5.74) is 0.345. The van der Waals surface area contributed by atoms with E-state index in [1.54, 1.807) is 0 Å². The lowest BCUT2D eigenvalue weighted by molar-refractivity contribution is -0.144. The summed E-state index contributed by atoms with van der Waals surface area (Å²) in [5, 5.41) is 6.07. The van der Waals surface area contributed by atoms with Crippen LogP contribution in [0.3, 0.4) is 0 Å². The monoisotopic (exact) mass is 450 g/mol. The molecular formula is C22H19F5N4O. The lowest BCUT2D eigenvalue weighted by atomic mass is 9.91. The zero-order valence-corrected chi connectivity index (χ0v) is 16.7. The Kier molecular flexibility index (Phi) is 5.94. The third kappa shape index (κ3) is 4.95. The Morgan fingerprint density at radius 1 is 0.875 bits per heavy atom. The molecule has 1 amide bonds. The van der Waals surface area contributed by atoms with Crippen LogP contribution in [0.2, 0.25) is 0 Å².